The first-order chi connectivity index (χ1) is 11.4. The van der Waals surface area contributed by atoms with Gasteiger partial charge in [0.25, 0.3) is 0 Å². The number of hydrogen-bond donors (Lipinski definition) is 1. The van der Waals surface area contributed by atoms with E-state index in [1.165, 1.54) is 33.6 Å². The maximum atomic E-state index is 2.28. The number of fused-ring (bicyclic) bond motifs is 1. The van der Waals surface area contributed by atoms with E-state index in [1.807, 2.05) is 0 Å². The molecule has 0 saturated heterocycles. The van der Waals surface area contributed by atoms with Crippen LogP contribution in [0.1, 0.15) is 17.5 Å². The minimum absolute atomic E-state index is 1.15. The zero-order chi connectivity index (χ0) is 15.5. The van der Waals surface area contributed by atoms with E-state index in [4.69, 9.17) is 0 Å². The Balaban J connectivity index is 1.60. The number of rotatable bonds is 3. The molecule has 4 rings (SSSR count). The highest BCUT2D eigenvalue weighted by Crippen LogP contribution is 2.25. The summed E-state index contributed by atoms with van der Waals surface area (Å²) >= 11 is 0. The van der Waals surface area contributed by atoms with Crippen LogP contribution in [0.15, 0.2) is 78.9 Å². The van der Waals surface area contributed by atoms with Crippen molar-refractivity contribution in [1.82, 2.24) is 0 Å². The smallest absolute Gasteiger partial charge is 0.142 e. The molecule has 0 heterocycles. The highest BCUT2D eigenvalue weighted by molar-refractivity contribution is 5.67. The average molecular weight is 298 g/mol. The molecule has 0 aromatic heterocycles. The minimum Gasteiger partial charge on any atom is -0.281 e. The first-order valence-corrected chi connectivity index (χ1v) is 8.19. The molecule has 3 aromatic rings. The Morgan fingerprint density at radius 1 is 0.696 bits per heavy atom. The van der Waals surface area contributed by atoms with Crippen molar-refractivity contribution in [2.75, 3.05) is 0 Å². The second-order valence-electron chi connectivity index (χ2n) is 5.99. The Morgan fingerprint density at radius 2 is 1.48 bits per heavy atom. The number of benzene rings is 3. The fraction of sp³-hybridized carbons (Fsp3) is 0.0909. The van der Waals surface area contributed by atoms with Gasteiger partial charge >= 0.3 is 0 Å². The van der Waals surface area contributed by atoms with Crippen LogP contribution in [0, 0.1) is 0 Å². The maximum Gasteiger partial charge on any atom is 0.142 e. The van der Waals surface area contributed by atoms with Gasteiger partial charge in [0.05, 0.1) is 0 Å². The normalized spacial score (nSPS) is 12.9. The van der Waals surface area contributed by atoms with Crippen LogP contribution in [-0.2, 0) is 6.42 Å². The van der Waals surface area contributed by atoms with Crippen molar-refractivity contribution < 1.29 is 5.32 Å². The summed E-state index contributed by atoms with van der Waals surface area (Å²) < 4.78 is 0. The van der Waals surface area contributed by atoms with Gasteiger partial charge in [-0.25, -0.2) is 0 Å². The van der Waals surface area contributed by atoms with Gasteiger partial charge < -0.3 is 0 Å². The van der Waals surface area contributed by atoms with E-state index >= 15 is 0 Å². The molecule has 0 unspecified atom stereocenters. The summed E-state index contributed by atoms with van der Waals surface area (Å²) in [6.45, 7) is 0. The molecule has 1 heteroatoms. The van der Waals surface area contributed by atoms with Crippen molar-refractivity contribution in [3.8, 4) is 11.1 Å². The molecule has 2 N–H and O–H groups in total. The molecule has 23 heavy (non-hydrogen) atoms. The van der Waals surface area contributed by atoms with Gasteiger partial charge in [-0.15, -0.1) is 0 Å². The highest BCUT2D eigenvalue weighted by Gasteiger charge is 2.12. The lowest BCUT2D eigenvalue weighted by atomic mass is 9.96. The number of quaternary nitrogens is 1. The van der Waals surface area contributed by atoms with E-state index < -0.39 is 0 Å². The molecule has 112 valence electrons. The molecule has 0 radical (unpaired) electrons. The maximum absolute atomic E-state index is 2.28. The van der Waals surface area contributed by atoms with E-state index in [1.54, 1.807) is 0 Å². The van der Waals surface area contributed by atoms with Gasteiger partial charge in [-0.3, -0.25) is 5.32 Å². The van der Waals surface area contributed by atoms with Crippen molar-refractivity contribution in [3.63, 3.8) is 0 Å². The van der Waals surface area contributed by atoms with Crippen LogP contribution in [0.4, 0.5) is 11.4 Å². The van der Waals surface area contributed by atoms with E-state index in [0.717, 1.165) is 12.8 Å². The molecule has 3 aromatic carbocycles. The predicted octanol–water partition coefficient (Wildman–Crippen LogP) is 4.84. The van der Waals surface area contributed by atoms with Crippen LogP contribution in [0.2, 0.25) is 0 Å². The Hall–Kier alpha value is -2.64. The minimum atomic E-state index is 1.15. The van der Waals surface area contributed by atoms with E-state index in [0.29, 0.717) is 0 Å². The van der Waals surface area contributed by atoms with Crippen LogP contribution in [0.25, 0.3) is 17.2 Å². The number of allylic oxidation sites excluding steroid dienone is 1. The van der Waals surface area contributed by atoms with Crippen LogP contribution < -0.4 is 5.32 Å². The zero-order valence-electron chi connectivity index (χ0n) is 13.1. The molecule has 0 atom stereocenters. The van der Waals surface area contributed by atoms with Gasteiger partial charge in [-0.1, -0.05) is 54.6 Å². The summed E-state index contributed by atoms with van der Waals surface area (Å²) in [4.78, 5) is 0. The van der Waals surface area contributed by atoms with Gasteiger partial charge in [-0.05, 0) is 53.8 Å². The summed E-state index contributed by atoms with van der Waals surface area (Å²) in [7, 11) is 0. The van der Waals surface area contributed by atoms with Gasteiger partial charge in [0.1, 0.15) is 11.4 Å². The lowest BCUT2D eigenvalue weighted by Gasteiger charge is -2.13. The van der Waals surface area contributed by atoms with E-state index in [2.05, 4.69) is 90.3 Å². The highest BCUT2D eigenvalue weighted by atomic mass is 14.9. The number of hydrogen-bond acceptors (Lipinski definition) is 0. The number of aryl methyl sites for hydroxylation is 1. The van der Waals surface area contributed by atoms with Crippen molar-refractivity contribution in [3.05, 3.63) is 90.0 Å². The van der Waals surface area contributed by atoms with Crippen LogP contribution in [-0.4, -0.2) is 0 Å². The van der Waals surface area contributed by atoms with Gasteiger partial charge in [0.15, 0.2) is 0 Å². The van der Waals surface area contributed by atoms with Crippen LogP contribution >= 0.6 is 0 Å². The fourth-order valence-corrected chi connectivity index (χ4v) is 3.20. The summed E-state index contributed by atoms with van der Waals surface area (Å²) in [6, 6.07) is 25.9. The molecule has 0 spiro atoms. The standard InChI is InChI=1S/C22H19N/c1-2-7-17(8-3-1)18-13-15-20(16-14-18)23-22-12-6-10-19-9-4-5-11-21(19)22/h1-3,5-8,10-16,23H,4,9H2/p+1. The molecule has 1 aliphatic rings. The molecule has 0 amide bonds. The van der Waals surface area contributed by atoms with E-state index in [9.17, 15) is 0 Å². The molecule has 0 fully saturated rings. The van der Waals surface area contributed by atoms with Crippen molar-refractivity contribution in [1.29, 1.82) is 0 Å². The van der Waals surface area contributed by atoms with Crippen LogP contribution in [0.3, 0.4) is 0 Å². The Labute approximate surface area is 137 Å². The van der Waals surface area contributed by atoms with Gasteiger partial charge in [0.2, 0.25) is 0 Å². The Bertz CT molecular complexity index is 830. The SMILES string of the molecule is C1=Cc2c(cccc2[NH2+]c2ccc(-c3ccccc3)cc2)CC1. The Kier molecular flexibility index (Phi) is 3.79. The van der Waals surface area contributed by atoms with Crippen molar-refractivity contribution in [2.24, 2.45) is 0 Å². The molecule has 1 aliphatic carbocycles. The third-order valence-electron chi connectivity index (χ3n) is 4.43. The quantitative estimate of drug-likeness (QED) is 0.666. The lowest BCUT2D eigenvalue weighted by molar-refractivity contribution is -0.478. The summed E-state index contributed by atoms with van der Waals surface area (Å²) in [5.74, 6) is 0. The second-order valence-corrected chi connectivity index (χ2v) is 5.99. The first-order valence-electron chi connectivity index (χ1n) is 8.19. The molecule has 0 aliphatic heterocycles. The second kappa shape index (κ2) is 6.23. The van der Waals surface area contributed by atoms with Crippen molar-refractivity contribution in [2.45, 2.75) is 12.8 Å². The molecular formula is C22H20N+. The third-order valence-corrected chi connectivity index (χ3v) is 4.43. The predicted molar refractivity (Wildman–Crippen MR) is 96.9 cm³/mol. The molecular weight excluding hydrogens is 278 g/mol. The summed E-state index contributed by atoms with van der Waals surface area (Å²) in [5.41, 5.74) is 7.92. The fourth-order valence-electron chi connectivity index (χ4n) is 3.20. The first kappa shape index (κ1) is 14.0. The lowest BCUT2D eigenvalue weighted by Crippen LogP contribution is -2.71. The Morgan fingerprint density at radius 3 is 2.30 bits per heavy atom. The summed E-state index contributed by atoms with van der Waals surface area (Å²) in [5, 5.41) is 2.28. The largest absolute Gasteiger partial charge is 0.281 e. The van der Waals surface area contributed by atoms with E-state index in [-0.39, 0.29) is 0 Å². The summed E-state index contributed by atoms with van der Waals surface area (Å²) in [6.07, 6.45) is 6.85. The van der Waals surface area contributed by atoms with Crippen LogP contribution in [0.5, 0.6) is 0 Å². The van der Waals surface area contributed by atoms with Gasteiger partial charge in [0, 0.05) is 11.6 Å². The molecule has 1 nitrogen and oxygen atoms in total. The van der Waals surface area contributed by atoms with Gasteiger partial charge in [-0.2, -0.15) is 0 Å². The molecule has 0 bridgehead atoms. The third kappa shape index (κ3) is 2.96. The van der Waals surface area contributed by atoms with Crippen molar-refractivity contribution >= 4 is 17.5 Å². The average Bonchev–Trinajstić information content (AvgIpc) is 2.63. The zero-order valence-corrected chi connectivity index (χ0v) is 13.1. The molecule has 0 saturated carbocycles. The number of nitrogens with two attached hydrogens (primary N) is 1. The monoisotopic (exact) mass is 298 g/mol. The topological polar surface area (TPSA) is 16.6 Å².